The maximum atomic E-state index is 10.7. The van der Waals surface area contributed by atoms with E-state index in [0.29, 0.717) is 5.75 Å². The van der Waals surface area contributed by atoms with Gasteiger partial charge in [0.05, 0.1) is 13.2 Å². The van der Waals surface area contributed by atoms with Crippen molar-refractivity contribution in [3.8, 4) is 11.5 Å². The first-order valence-electron chi connectivity index (χ1n) is 6.51. The summed E-state index contributed by atoms with van der Waals surface area (Å²) in [5.41, 5.74) is 5.95. The van der Waals surface area contributed by atoms with Crippen LogP contribution >= 0.6 is 0 Å². The van der Waals surface area contributed by atoms with Crippen LogP contribution in [0, 0.1) is 0 Å². The third-order valence-electron chi connectivity index (χ3n) is 3.22. The van der Waals surface area contributed by atoms with Gasteiger partial charge in [-0.25, -0.2) is 0 Å². The molecule has 1 saturated carbocycles. The minimum atomic E-state index is -0.464. The molecule has 0 spiro atoms. The monoisotopic (exact) mass is 261 g/mol. The molecule has 0 aromatic heterocycles. The Labute approximate surface area is 113 Å². The molecule has 2 N–H and O–H groups in total. The molecule has 4 heteroatoms. The second-order valence-corrected chi connectivity index (χ2v) is 4.67. The zero-order valence-electron chi connectivity index (χ0n) is 11.1. The van der Waals surface area contributed by atoms with Crippen LogP contribution in [0.3, 0.4) is 0 Å². The third-order valence-corrected chi connectivity index (χ3v) is 3.22. The van der Waals surface area contributed by atoms with E-state index >= 15 is 0 Å². The lowest BCUT2D eigenvalue weighted by Crippen LogP contribution is -2.11. The van der Waals surface area contributed by atoms with Crippen LogP contribution in [0.2, 0.25) is 0 Å². The van der Waals surface area contributed by atoms with E-state index in [4.69, 9.17) is 15.2 Å². The molecule has 0 aliphatic heterocycles. The van der Waals surface area contributed by atoms with Gasteiger partial charge in [0, 0.05) is 6.08 Å². The van der Waals surface area contributed by atoms with Gasteiger partial charge in [0.1, 0.15) is 0 Å². The smallest absolute Gasteiger partial charge is 0.241 e. The molecule has 1 fully saturated rings. The number of amides is 1. The fourth-order valence-electron chi connectivity index (χ4n) is 2.25. The van der Waals surface area contributed by atoms with Gasteiger partial charge in [0.25, 0.3) is 0 Å². The third kappa shape index (κ3) is 3.74. The molecular formula is C15H19NO3. The number of rotatable bonds is 5. The maximum Gasteiger partial charge on any atom is 0.241 e. The minimum absolute atomic E-state index is 0.268. The van der Waals surface area contributed by atoms with Gasteiger partial charge in [0.15, 0.2) is 11.5 Å². The van der Waals surface area contributed by atoms with Crippen molar-refractivity contribution in [2.75, 3.05) is 7.11 Å². The SMILES string of the molecule is COc1ccc(/C=C\C(N)=O)cc1OC1CCCC1. The summed E-state index contributed by atoms with van der Waals surface area (Å²) in [6.45, 7) is 0. The molecule has 0 unspecified atom stereocenters. The van der Waals surface area contributed by atoms with Crippen LogP contribution in [0.1, 0.15) is 31.2 Å². The summed E-state index contributed by atoms with van der Waals surface area (Å²) in [4.78, 5) is 10.7. The highest BCUT2D eigenvalue weighted by Gasteiger charge is 2.18. The van der Waals surface area contributed by atoms with Crippen LogP contribution in [0.15, 0.2) is 24.3 Å². The lowest BCUT2D eigenvalue weighted by Gasteiger charge is -2.16. The molecule has 0 bridgehead atoms. The fraction of sp³-hybridized carbons (Fsp3) is 0.400. The fourth-order valence-corrected chi connectivity index (χ4v) is 2.25. The predicted molar refractivity (Wildman–Crippen MR) is 74.1 cm³/mol. The minimum Gasteiger partial charge on any atom is -0.493 e. The van der Waals surface area contributed by atoms with Crippen molar-refractivity contribution in [1.29, 1.82) is 0 Å². The molecule has 19 heavy (non-hydrogen) atoms. The van der Waals surface area contributed by atoms with Gasteiger partial charge in [-0.05, 0) is 49.5 Å². The van der Waals surface area contributed by atoms with Gasteiger partial charge in [0.2, 0.25) is 5.91 Å². The number of hydrogen-bond acceptors (Lipinski definition) is 3. The molecule has 0 heterocycles. The van der Waals surface area contributed by atoms with Crippen LogP contribution in [0.4, 0.5) is 0 Å². The number of benzene rings is 1. The Morgan fingerprint density at radius 1 is 1.32 bits per heavy atom. The highest BCUT2D eigenvalue weighted by molar-refractivity contribution is 5.90. The molecule has 2 rings (SSSR count). The number of hydrogen-bond donors (Lipinski definition) is 1. The molecule has 0 radical (unpaired) electrons. The molecule has 1 aromatic rings. The van der Waals surface area contributed by atoms with E-state index in [-0.39, 0.29) is 6.10 Å². The Hall–Kier alpha value is -1.97. The zero-order valence-corrected chi connectivity index (χ0v) is 11.1. The van der Waals surface area contributed by atoms with Crippen molar-refractivity contribution in [1.82, 2.24) is 0 Å². The topological polar surface area (TPSA) is 61.5 Å². The summed E-state index contributed by atoms with van der Waals surface area (Å²) in [7, 11) is 1.62. The Morgan fingerprint density at radius 3 is 2.68 bits per heavy atom. The van der Waals surface area contributed by atoms with E-state index in [1.807, 2.05) is 18.2 Å². The summed E-state index contributed by atoms with van der Waals surface area (Å²) in [5.74, 6) is 0.971. The molecule has 1 aliphatic carbocycles. The van der Waals surface area contributed by atoms with Gasteiger partial charge in [-0.3, -0.25) is 4.79 Å². The summed E-state index contributed by atoms with van der Waals surface area (Å²) in [6.07, 6.45) is 7.88. The van der Waals surface area contributed by atoms with Crippen LogP contribution in [-0.2, 0) is 4.79 Å². The highest BCUT2D eigenvalue weighted by atomic mass is 16.5. The summed E-state index contributed by atoms with van der Waals surface area (Å²) in [5, 5.41) is 0. The van der Waals surface area contributed by atoms with E-state index in [1.54, 1.807) is 13.2 Å². The molecule has 1 amide bonds. The molecular weight excluding hydrogens is 242 g/mol. The summed E-state index contributed by atoms with van der Waals surface area (Å²) < 4.78 is 11.3. The van der Waals surface area contributed by atoms with Crippen LogP contribution in [0.5, 0.6) is 11.5 Å². The van der Waals surface area contributed by atoms with E-state index in [2.05, 4.69) is 0 Å². The quantitative estimate of drug-likeness (QED) is 0.828. The normalized spacial score (nSPS) is 15.8. The largest absolute Gasteiger partial charge is 0.493 e. The predicted octanol–water partition coefficient (Wildman–Crippen LogP) is 2.52. The molecule has 0 atom stereocenters. The number of primary amides is 1. The molecule has 4 nitrogen and oxygen atoms in total. The maximum absolute atomic E-state index is 10.7. The second kappa shape index (κ2) is 6.27. The molecule has 1 aliphatic rings. The Kier molecular flexibility index (Phi) is 4.44. The Morgan fingerprint density at radius 2 is 2.05 bits per heavy atom. The van der Waals surface area contributed by atoms with Crippen LogP contribution in [-0.4, -0.2) is 19.1 Å². The van der Waals surface area contributed by atoms with Gasteiger partial charge >= 0.3 is 0 Å². The summed E-state index contributed by atoms with van der Waals surface area (Å²) in [6, 6.07) is 5.57. The van der Waals surface area contributed by atoms with Crippen molar-refractivity contribution in [2.24, 2.45) is 5.73 Å². The Bertz CT molecular complexity index is 476. The zero-order chi connectivity index (χ0) is 13.7. The lowest BCUT2D eigenvalue weighted by atomic mass is 10.2. The van der Waals surface area contributed by atoms with Crippen molar-refractivity contribution in [3.05, 3.63) is 29.8 Å². The molecule has 1 aromatic carbocycles. The van der Waals surface area contributed by atoms with Crippen molar-refractivity contribution in [2.45, 2.75) is 31.8 Å². The van der Waals surface area contributed by atoms with Crippen molar-refractivity contribution in [3.63, 3.8) is 0 Å². The van der Waals surface area contributed by atoms with Crippen molar-refractivity contribution < 1.29 is 14.3 Å². The van der Waals surface area contributed by atoms with Gasteiger partial charge in [-0.15, -0.1) is 0 Å². The number of nitrogens with two attached hydrogens (primary N) is 1. The van der Waals surface area contributed by atoms with Gasteiger partial charge in [-0.1, -0.05) is 6.07 Å². The number of methoxy groups -OCH3 is 1. The Balaban J connectivity index is 2.17. The van der Waals surface area contributed by atoms with Crippen LogP contribution in [0.25, 0.3) is 6.08 Å². The van der Waals surface area contributed by atoms with Gasteiger partial charge in [-0.2, -0.15) is 0 Å². The van der Waals surface area contributed by atoms with Crippen molar-refractivity contribution >= 4 is 12.0 Å². The van der Waals surface area contributed by atoms with E-state index in [9.17, 15) is 4.79 Å². The second-order valence-electron chi connectivity index (χ2n) is 4.67. The standard InChI is InChI=1S/C15H19NO3/c1-18-13-8-6-11(7-9-15(16)17)10-14(13)19-12-4-2-3-5-12/h6-10,12H,2-5H2,1H3,(H2,16,17)/b9-7-. The van der Waals surface area contributed by atoms with Gasteiger partial charge < -0.3 is 15.2 Å². The van der Waals surface area contributed by atoms with E-state index < -0.39 is 5.91 Å². The molecule has 102 valence electrons. The first-order chi connectivity index (χ1) is 9.19. The average molecular weight is 261 g/mol. The van der Waals surface area contributed by atoms with E-state index in [1.165, 1.54) is 18.9 Å². The lowest BCUT2D eigenvalue weighted by molar-refractivity contribution is -0.113. The molecule has 0 saturated heterocycles. The first-order valence-corrected chi connectivity index (χ1v) is 6.51. The number of ether oxygens (including phenoxy) is 2. The number of carbonyl (C=O) groups is 1. The van der Waals surface area contributed by atoms with Crippen LogP contribution < -0.4 is 15.2 Å². The number of carbonyl (C=O) groups excluding carboxylic acids is 1. The summed E-state index contributed by atoms with van der Waals surface area (Å²) >= 11 is 0. The average Bonchev–Trinajstić information content (AvgIpc) is 2.89. The van der Waals surface area contributed by atoms with E-state index in [0.717, 1.165) is 24.2 Å². The highest BCUT2D eigenvalue weighted by Crippen LogP contribution is 2.32. The first kappa shape index (κ1) is 13.5.